The predicted octanol–water partition coefficient (Wildman–Crippen LogP) is 0.755. The maximum Gasteiger partial charge on any atom is 0.237 e. The van der Waals surface area contributed by atoms with Crippen LogP contribution in [-0.4, -0.2) is 25.0 Å². The highest BCUT2D eigenvalue weighted by molar-refractivity contribution is 5.82. The quantitative estimate of drug-likeness (QED) is 0.657. The Hall–Kier alpha value is -0.570. The van der Waals surface area contributed by atoms with E-state index in [9.17, 15) is 4.79 Å². The smallest absolute Gasteiger partial charge is 0.237 e. The summed E-state index contributed by atoms with van der Waals surface area (Å²) in [6.45, 7) is 7.98. The summed E-state index contributed by atoms with van der Waals surface area (Å²) in [6, 6.07) is 0.138. The molecule has 0 saturated heterocycles. The summed E-state index contributed by atoms with van der Waals surface area (Å²) in [5.41, 5.74) is 0. The van der Waals surface area contributed by atoms with E-state index in [-0.39, 0.29) is 18.0 Å². The fraction of sp³-hybridized carbons (Fsp3) is 0.889. The third-order valence-electron chi connectivity index (χ3n) is 1.69. The van der Waals surface area contributed by atoms with Crippen LogP contribution in [0, 0.1) is 5.92 Å². The lowest BCUT2D eigenvalue weighted by atomic mass is 10.0. The highest BCUT2D eigenvalue weighted by Gasteiger charge is 2.19. The van der Waals surface area contributed by atoms with Gasteiger partial charge in [-0.3, -0.25) is 4.79 Å². The minimum absolute atomic E-state index is 0.0765. The summed E-state index contributed by atoms with van der Waals surface area (Å²) in [5, 5.41) is 5.87. The lowest BCUT2D eigenvalue weighted by Crippen LogP contribution is -2.47. The lowest BCUT2D eigenvalue weighted by Gasteiger charge is -2.20. The summed E-state index contributed by atoms with van der Waals surface area (Å²) >= 11 is 0. The van der Waals surface area contributed by atoms with Gasteiger partial charge in [-0.25, -0.2) is 0 Å². The second-order valence-electron chi connectivity index (χ2n) is 3.67. The molecule has 0 saturated carbocycles. The van der Waals surface area contributed by atoms with Gasteiger partial charge in [0.25, 0.3) is 0 Å². The van der Waals surface area contributed by atoms with Crippen molar-refractivity contribution in [3.8, 4) is 0 Å². The van der Waals surface area contributed by atoms with Crippen LogP contribution in [0.5, 0.6) is 0 Å². The maximum absolute atomic E-state index is 11.5. The van der Waals surface area contributed by atoms with Gasteiger partial charge in [0, 0.05) is 6.04 Å². The van der Waals surface area contributed by atoms with Crippen molar-refractivity contribution >= 4 is 5.91 Å². The van der Waals surface area contributed by atoms with Crippen molar-refractivity contribution in [2.75, 3.05) is 7.05 Å². The number of hydrogen-bond donors (Lipinski definition) is 2. The van der Waals surface area contributed by atoms with E-state index in [0.29, 0.717) is 5.92 Å². The summed E-state index contributed by atoms with van der Waals surface area (Å²) in [6.07, 6.45) is 0. The van der Waals surface area contributed by atoms with Crippen LogP contribution in [0.25, 0.3) is 0 Å². The third kappa shape index (κ3) is 3.72. The predicted molar refractivity (Wildman–Crippen MR) is 51.0 cm³/mol. The van der Waals surface area contributed by atoms with Crippen LogP contribution < -0.4 is 10.6 Å². The van der Waals surface area contributed by atoms with Gasteiger partial charge < -0.3 is 10.6 Å². The molecule has 0 aromatic carbocycles. The molecular formula is C9H20N2O. The summed E-state index contributed by atoms with van der Waals surface area (Å²) in [5.74, 6) is 0.413. The Labute approximate surface area is 74.9 Å². The first kappa shape index (κ1) is 11.4. The van der Waals surface area contributed by atoms with Gasteiger partial charge in [-0.05, 0) is 26.8 Å². The Bertz CT molecular complexity index is 143. The second kappa shape index (κ2) is 5.14. The molecule has 2 N–H and O–H groups in total. The van der Waals surface area contributed by atoms with E-state index in [1.807, 2.05) is 34.7 Å². The van der Waals surface area contributed by atoms with Crippen LogP contribution in [0.1, 0.15) is 27.7 Å². The maximum atomic E-state index is 11.5. The third-order valence-corrected chi connectivity index (χ3v) is 1.69. The van der Waals surface area contributed by atoms with Gasteiger partial charge in [0.05, 0.1) is 6.04 Å². The molecule has 1 unspecified atom stereocenters. The number of carbonyl (C=O) groups excluding carboxylic acids is 1. The first-order chi connectivity index (χ1) is 5.49. The molecule has 0 rings (SSSR count). The summed E-state index contributed by atoms with van der Waals surface area (Å²) < 4.78 is 0. The fourth-order valence-electron chi connectivity index (χ4n) is 1.14. The number of likely N-dealkylation sites (N-methyl/N-ethyl adjacent to an activating group) is 1. The highest BCUT2D eigenvalue weighted by atomic mass is 16.2. The first-order valence-corrected chi connectivity index (χ1v) is 4.46. The zero-order valence-electron chi connectivity index (χ0n) is 8.64. The van der Waals surface area contributed by atoms with Crippen molar-refractivity contribution in [3.63, 3.8) is 0 Å². The molecule has 0 aromatic rings. The Kier molecular flexibility index (Phi) is 4.90. The Balaban J connectivity index is 4.04. The van der Waals surface area contributed by atoms with Crippen LogP contribution >= 0.6 is 0 Å². The number of hydrogen-bond acceptors (Lipinski definition) is 2. The van der Waals surface area contributed by atoms with Crippen LogP contribution in [-0.2, 0) is 4.79 Å². The van der Waals surface area contributed by atoms with Gasteiger partial charge in [0.15, 0.2) is 0 Å². The monoisotopic (exact) mass is 172 g/mol. The van der Waals surface area contributed by atoms with Crippen molar-refractivity contribution in [1.82, 2.24) is 10.6 Å². The number of nitrogens with one attached hydrogen (secondary N) is 2. The normalized spacial score (nSPS) is 13.6. The number of rotatable bonds is 4. The van der Waals surface area contributed by atoms with E-state index in [4.69, 9.17) is 0 Å². The average molecular weight is 172 g/mol. The Morgan fingerprint density at radius 2 is 1.67 bits per heavy atom. The van der Waals surface area contributed by atoms with E-state index in [2.05, 4.69) is 10.6 Å². The van der Waals surface area contributed by atoms with Gasteiger partial charge in [-0.2, -0.15) is 0 Å². The SMILES string of the molecule is CNC(C(=O)NC(C)C)C(C)C. The fourth-order valence-corrected chi connectivity index (χ4v) is 1.14. The van der Waals surface area contributed by atoms with E-state index in [1.54, 1.807) is 0 Å². The molecule has 0 radical (unpaired) electrons. The molecule has 0 aliphatic heterocycles. The average Bonchev–Trinajstić information content (AvgIpc) is 1.85. The zero-order chi connectivity index (χ0) is 9.72. The summed E-state index contributed by atoms with van der Waals surface area (Å²) in [4.78, 5) is 11.5. The first-order valence-electron chi connectivity index (χ1n) is 4.46. The molecule has 0 aliphatic carbocycles. The van der Waals surface area contributed by atoms with E-state index in [0.717, 1.165) is 0 Å². The second-order valence-corrected chi connectivity index (χ2v) is 3.67. The standard InChI is InChI=1S/C9H20N2O/c1-6(2)8(10-5)9(12)11-7(3)4/h6-8,10H,1-5H3,(H,11,12). The largest absolute Gasteiger partial charge is 0.353 e. The van der Waals surface area contributed by atoms with Gasteiger partial charge in [0.2, 0.25) is 5.91 Å². The Morgan fingerprint density at radius 3 is 1.92 bits per heavy atom. The van der Waals surface area contributed by atoms with Gasteiger partial charge in [-0.1, -0.05) is 13.8 Å². The molecule has 3 nitrogen and oxygen atoms in total. The molecule has 0 aromatic heterocycles. The number of carbonyl (C=O) groups is 1. The van der Waals surface area contributed by atoms with Crippen molar-refractivity contribution in [1.29, 1.82) is 0 Å². The molecule has 72 valence electrons. The Morgan fingerprint density at radius 1 is 1.17 bits per heavy atom. The van der Waals surface area contributed by atoms with Crippen LogP contribution in [0.3, 0.4) is 0 Å². The molecule has 3 heteroatoms. The van der Waals surface area contributed by atoms with Gasteiger partial charge in [0.1, 0.15) is 0 Å². The summed E-state index contributed by atoms with van der Waals surface area (Å²) in [7, 11) is 1.81. The van der Waals surface area contributed by atoms with Crippen molar-refractivity contribution in [2.45, 2.75) is 39.8 Å². The van der Waals surface area contributed by atoms with Crippen LogP contribution in [0.4, 0.5) is 0 Å². The van der Waals surface area contributed by atoms with Gasteiger partial charge in [-0.15, -0.1) is 0 Å². The molecule has 0 fully saturated rings. The molecule has 0 spiro atoms. The lowest BCUT2D eigenvalue weighted by molar-refractivity contribution is -0.124. The van der Waals surface area contributed by atoms with Crippen LogP contribution in [0.2, 0.25) is 0 Å². The molecular weight excluding hydrogens is 152 g/mol. The molecule has 1 atom stereocenters. The minimum atomic E-state index is -0.0765. The zero-order valence-corrected chi connectivity index (χ0v) is 8.64. The van der Waals surface area contributed by atoms with Crippen molar-refractivity contribution < 1.29 is 4.79 Å². The van der Waals surface area contributed by atoms with Crippen molar-refractivity contribution in [3.05, 3.63) is 0 Å². The molecule has 0 aliphatic rings. The van der Waals surface area contributed by atoms with E-state index >= 15 is 0 Å². The molecule has 1 amide bonds. The minimum Gasteiger partial charge on any atom is -0.353 e. The molecule has 12 heavy (non-hydrogen) atoms. The molecule has 0 heterocycles. The molecule has 0 bridgehead atoms. The van der Waals surface area contributed by atoms with E-state index in [1.165, 1.54) is 0 Å². The number of amides is 1. The van der Waals surface area contributed by atoms with Crippen molar-refractivity contribution in [2.24, 2.45) is 5.92 Å². The van der Waals surface area contributed by atoms with Gasteiger partial charge >= 0.3 is 0 Å². The van der Waals surface area contributed by atoms with E-state index < -0.39 is 0 Å². The van der Waals surface area contributed by atoms with Crippen LogP contribution in [0.15, 0.2) is 0 Å². The highest BCUT2D eigenvalue weighted by Crippen LogP contribution is 2.00. The topological polar surface area (TPSA) is 41.1 Å².